The Morgan fingerprint density at radius 3 is 2.92 bits per heavy atom. The van der Waals surface area contributed by atoms with E-state index < -0.39 is 0 Å². The van der Waals surface area contributed by atoms with Crippen LogP contribution >= 0.6 is 0 Å². The van der Waals surface area contributed by atoms with E-state index in [0.29, 0.717) is 0 Å². The lowest BCUT2D eigenvalue weighted by atomic mass is 9.95. The Morgan fingerprint density at radius 2 is 2.08 bits per heavy atom. The highest BCUT2D eigenvalue weighted by Gasteiger charge is 2.11. The average molecular weight is 171 g/mol. The smallest absolute Gasteiger partial charge is 0.0468 e. The summed E-state index contributed by atoms with van der Waals surface area (Å²) >= 11 is 0. The van der Waals surface area contributed by atoms with E-state index in [2.05, 4.69) is 0 Å². The average Bonchev–Trinajstić information content (AvgIpc) is 2.33. The third-order valence-electron chi connectivity index (χ3n) is 2.64. The van der Waals surface area contributed by atoms with Gasteiger partial charge in [-0.3, -0.25) is 0 Å². The molecule has 1 saturated heterocycles. The summed E-state index contributed by atoms with van der Waals surface area (Å²) in [5.41, 5.74) is 5.45. The maximum Gasteiger partial charge on any atom is 0.0468 e. The van der Waals surface area contributed by atoms with Gasteiger partial charge in [-0.25, -0.2) is 0 Å². The molecule has 1 aliphatic rings. The molecule has 0 saturated carbocycles. The molecular formula is C10H21NO. The predicted octanol–water partition coefficient (Wildman–Crippen LogP) is 1.93. The van der Waals surface area contributed by atoms with Crippen LogP contribution in [-0.2, 0) is 4.74 Å². The fourth-order valence-corrected chi connectivity index (χ4v) is 1.84. The van der Waals surface area contributed by atoms with Gasteiger partial charge in [-0.1, -0.05) is 12.8 Å². The summed E-state index contributed by atoms with van der Waals surface area (Å²) in [6.07, 6.45) is 7.75. The maximum absolute atomic E-state index is 5.45. The predicted molar refractivity (Wildman–Crippen MR) is 51.1 cm³/mol. The van der Waals surface area contributed by atoms with Crippen LogP contribution in [-0.4, -0.2) is 19.8 Å². The van der Waals surface area contributed by atoms with Crippen molar-refractivity contribution in [2.24, 2.45) is 11.7 Å². The standard InChI is InChI=1S/C10H21NO/c11-7-2-1-4-10-5-3-8-12-9-6-10/h10H,1-9,11H2. The lowest BCUT2D eigenvalue weighted by molar-refractivity contribution is 0.141. The summed E-state index contributed by atoms with van der Waals surface area (Å²) in [5.74, 6) is 0.916. The van der Waals surface area contributed by atoms with Gasteiger partial charge in [-0.2, -0.15) is 0 Å². The van der Waals surface area contributed by atoms with Gasteiger partial charge in [-0.15, -0.1) is 0 Å². The van der Waals surface area contributed by atoms with Crippen LogP contribution in [0.1, 0.15) is 38.5 Å². The normalized spacial score (nSPS) is 25.2. The molecule has 2 heteroatoms. The van der Waals surface area contributed by atoms with E-state index in [0.717, 1.165) is 25.7 Å². The molecule has 0 radical (unpaired) electrons. The zero-order valence-electron chi connectivity index (χ0n) is 7.93. The highest BCUT2D eigenvalue weighted by molar-refractivity contribution is 4.62. The van der Waals surface area contributed by atoms with E-state index >= 15 is 0 Å². The van der Waals surface area contributed by atoms with Crippen LogP contribution in [0, 0.1) is 5.92 Å². The minimum absolute atomic E-state index is 0.850. The number of unbranched alkanes of at least 4 members (excludes halogenated alkanes) is 1. The van der Waals surface area contributed by atoms with Gasteiger partial charge in [-0.05, 0) is 38.1 Å². The second kappa shape index (κ2) is 6.44. The van der Waals surface area contributed by atoms with Crippen molar-refractivity contribution in [3.05, 3.63) is 0 Å². The van der Waals surface area contributed by atoms with Crippen LogP contribution < -0.4 is 5.73 Å². The Balaban J connectivity index is 2.04. The van der Waals surface area contributed by atoms with Crippen molar-refractivity contribution in [1.29, 1.82) is 0 Å². The molecule has 1 aliphatic heterocycles. The second-order valence-electron chi connectivity index (χ2n) is 3.69. The fourth-order valence-electron chi connectivity index (χ4n) is 1.84. The van der Waals surface area contributed by atoms with E-state index in [1.807, 2.05) is 0 Å². The SMILES string of the molecule is NCCCCC1CCCOCC1. The molecule has 0 bridgehead atoms. The van der Waals surface area contributed by atoms with Gasteiger partial charge in [0.15, 0.2) is 0 Å². The third-order valence-corrected chi connectivity index (χ3v) is 2.64. The molecular weight excluding hydrogens is 150 g/mol. The van der Waals surface area contributed by atoms with Crippen molar-refractivity contribution in [2.45, 2.75) is 38.5 Å². The van der Waals surface area contributed by atoms with Crippen molar-refractivity contribution in [3.8, 4) is 0 Å². The molecule has 1 atom stereocenters. The quantitative estimate of drug-likeness (QED) is 0.656. The summed E-state index contributed by atoms with van der Waals surface area (Å²) < 4.78 is 5.41. The lowest BCUT2D eigenvalue weighted by Gasteiger charge is -2.11. The minimum atomic E-state index is 0.850. The van der Waals surface area contributed by atoms with Crippen molar-refractivity contribution < 1.29 is 4.74 Å². The zero-order valence-corrected chi connectivity index (χ0v) is 7.93. The second-order valence-corrected chi connectivity index (χ2v) is 3.69. The molecule has 72 valence electrons. The molecule has 0 aliphatic carbocycles. The van der Waals surface area contributed by atoms with E-state index in [1.165, 1.54) is 38.5 Å². The first-order chi connectivity index (χ1) is 5.93. The first-order valence-corrected chi connectivity index (χ1v) is 5.21. The minimum Gasteiger partial charge on any atom is -0.381 e. The fraction of sp³-hybridized carbons (Fsp3) is 1.00. The highest BCUT2D eigenvalue weighted by Crippen LogP contribution is 2.21. The van der Waals surface area contributed by atoms with Crippen LogP contribution in [0.15, 0.2) is 0 Å². The number of nitrogens with two attached hydrogens (primary N) is 1. The molecule has 1 unspecified atom stereocenters. The van der Waals surface area contributed by atoms with Crippen molar-refractivity contribution >= 4 is 0 Å². The van der Waals surface area contributed by atoms with Crippen LogP contribution in [0.4, 0.5) is 0 Å². The monoisotopic (exact) mass is 171 g/mol. The first-order valence-electron chi connectivity index (χ1n) is 5.21. The van der Waals surface area contributed by atoms with Gasteiger partial charge in [0.1, 0.15) is 0 Å². The third kappa shape index (κ3) is 4.07. The summed E-state index contributed by atoms with van der Waals surface area (Å²) in [4.78, 5) is 0. The summed E-state index contributed by atoms with van der Waals surface area (Å²) in [7, 11) is 0. The number of rotatable bonds is 4. The summed E-state index contributed by atoms with van der Waals surface area (Å²) in [6, 6.07) is 0. The molecule has 0 aromatic heterocycles. The molecule has 1 rings (SSSR count). The van der Waals surface area contributed by atoms with Gasteiger partial charge >= 0.3 is 0 Å². The van der Waals surface area contributed by atoms with Crippen molar-refractivity contribution in [2.75, 3.05) is 19.8 Å². The van der Waals surface area contributed by atoms with Gasteiger partial charge in [0.2, 0.25) is 0 Å². The molecule has 2 N–H and O–H groups in total. The Bertz CT molecular complexity index is 98.0. The van der Waals surface area contributed by atoms with Gasteiger partial charge in [0, 0.05) is 13.2 Å². The molecule has 0 spiro atoms. The summed E-state index contributed by atoms with van der Waals surface area (Å²) in [5, 5.41) is 0. The molecule has 12 heavy (non-hydrogen) atoms. The number of hydrogen-bond acceptors (Lipinski definition) is 2. The van der Waals surface area contributed by atoms with Gasteiger partial charge < -0.3 is 10.5 Å². The van der Waals surface area contributed by atoms with Crippen LogP contribution in [0.2, 0.25) is 0 Å². The number of ether oxygens (including phenoxy) is 1. The van der Waals surface area contributed by atoms with E-state index in [-0.39, 0.29) is 0 Å². The Labute approximate surface area is 75.5 Å². The molecule has 0 aromatic rings. The maximum atomic E-state index is 5.45. The van der Waals surface area contributed by atoms with E-state index in [4.69, 9.17) is 10.5 Å². The molecule has 1 fully saturated rings. The lowest BCUT2D eigenvalue weighted by Crippen LogP contribution is -2.03. The topological polar surface area (TPSA) is 35.2 Å². The zero-order chi connectivity index (χ0) is 8.65. The Kier molecular flexibility index (Phi) is 5.37. The van der Waals surface area contributed by atoms with Crippen LogP contribution in [0.3, 0.4) is 0 Å². The Hall–Kier alpha value is -0.0800. The largest absolute Gasteiger partial charge is 0.381 e. The highest BCUT2D eigenvalue weighted by atomic mass is 16.5. The van der Waals surface area contributed by atoms with Crippen molar-refractivity contribution in [3.63, 3.8) is 0 Å². The summed E-state index contributed by atoms with van der Waals surface area (Å²) in [6.45, 7) is 2.81. The van der Waals surface area contributed by atoms with E-state index in [1.54, 1.807) is 0 Å². The molecule has 2 nitrogen and oxygen atoms in total. The first kappa shape index (κ1) is 10.0. The van der Waals surface area contributed by atoms with Crippen molar-refractivity contribution in [1.82, 2.24) is 0 Å². The van der Waals surface area contributed by atoms with Crippen LogP contribution in [0.5, 0.6) is 0 Å². The van der Waals surface area contributed by atoms with Gasteiger partial charge in [0.25, 0.3) is 0 Å². The molecule has 1 heterocycles. The Morgan fingerprint density at radius 1 is 1.17 bits per heavy atom. The molecule has 0 amide bonds. The van der Waals surface area contributed by atoms with Gasteiger partial charge in [0.05, 0.1) is 0 Å². The molecule has 0 aromatic carbocycles. The number of hydrogen-bond donors (Lipinski definition) is 1. The van der Waals surface area contributed by atoms with Crippen LogP contribution in [0.25, 0.3) is 0 Å². The van der Waals surface area contributed by atoms with E-state index in [9.17, 15) is 0 Å².